The second kappa shape index (κ2) is 14.1. The molecule has 23 heteroatoms. The van der Waals surface area contributed by atoms with E-state index in [2.05, 4.69) is 4.31 Å². The number of ether oxygens (including phenoxy) is 1. The molecule has 1 fully saturated rings. The lowest BCUT2D eigenvalue weighted by molar-refractivity contribution is -0.136. The molecule has 0 spiro atoms. The van der Waals surface area contributed by atoms with Crippen molar-refractivity contribution in [2.45, 2.75) is 55.1 Å². The summed E-state index contributed by atoms with van der Waals surface area (Å²) in [5.41, 5.74) is -1.33. The van der Waals surface area contributed by atoms with Gasteiger partial charge in [0.1, 0.15) is 42.8 Å². The van der Waals surface area contributed by atoms with Crippen molar-refractivity contribution >= 4 is 27.6 Å². The Labute approximate surface area is 222 Å². The average Bonchev–Trinajstić information content (AvgIpc) is 3.13. The summed E-state index contributed by atoms with van der Waals surface area (Å²) >= 11 is 0. The molecule has 0 saturated carbocycles. The molecule has 2 rings (SSSR count). The number of H-pyrrole nitrogens is 1. The lowest BCUT2D eigenvalue weighted by Gasteiger charge is -2.37. The van der Waals surface area contributed by atoms with Crippen molar-refractivity contribution in [1.82, 2.24) is 14.9 Å². The van der Waals surface area contributed by atoms with Crippen LogP contribution in [-0.2, 0) is 27.8 Å². The van der Waals surface area contributed by atoms with Gasteiger partial charge in [-0.1, -0.05) is 0 Å². The number of aldehydes is 1. The van der Waals surface area contributed by atoms with Crippen LogP contribution in [0.1, 0.15) is 13.2 Å². The monoisotopic (exact) mass is 625 g/mol. The number of nitrogens with zero attached hydrogens (tertiary/aromatic N) is 1. The van der Waals surface area contributed by atoms with E-state index < -0.39 is 93.9 Å². The van der Waals surface area contributed by atoms with Gasteiger partial charge < -0.3 is 65.3 Å². The van der Waals surface area contributed by atoms with Gasteiger partial charge in [-0.3, -0.25) is 23.7 Å². The fraction of sp³-hybridized carbons (Fsp3) is 0.647. The summed E-state index contributed by atoms with van der Waals surface area (Å²) in [4.78, 5) is 72.3. The van der Waals surface area contributed by atoms with Gasteiger partial charge in [0.05, 0.1) is 13.2 Å². The molecule has 0 radical (unpaired) electrons. The zero-order valence-corrected chi connectivity index (χ0v) is 22.1. The minimum atomic E-state index is -5.83. The zero-order valence-electron chi connectivity index (χ0n) is 20.3. The molecule has 12 N–H and O–H groups in total. The van der Waals surface area contributed by atoms with E-state index in [9.17, 15) is 58.7 Å². The smallest absolute Gasteiger partial charge is 0.394 e. The van der Waals surface area contributed by atoms with Gasteiger partial charge in [-0.15, -0.1) is 0 Å². The van der Waals surface area contributed by atoms with Crippen molar-refractivity contribution < 1.29 is 78.2 Å². The number of amides is 1. The Bertz CT molecular complexity index is 1230. The first kappa shape index (κ1) is 35.8. The minimum Gasteiger partial charge on any atom is -0.394 e. The summed E-state index contributed by atoms with van der Waals surface area (Å²) in [6.07, 6.45) is -8.90. The summed E-state index contributed by atoms with van der Waals surface area (Å²) in [5, 5.41) is 64.6. The maximum absolute atomic E-state index is 11.7. The molecular weight excluding hydrogens is 596 g/mol. The Morgan fingerprint density at radius 1 is 1.23 bits per heavy atom. The predicted molar refractivity (Wildman–Crippen MR) is 125 cm³/mol. The van der Waals surface area contributed by atoms with E-state index in [4.69, 9.17) is 24.7 Å². The Morgan fingerprint density at radius 3 is 2.20 bits per heavy atom. The van der Waals surface area contributed by atoms with Crippen LogP contribution in [0.4, 0.5) is 0 Å². The van der Waals surface area contributed by atoms with Crippen LogP contribution in [0.25, 0.3) is 0 Å². The topological polar surface area (TPSA) is 356 Å². The highest BCUT2D eigenvalue weighted by Crippen LogP contribution is 2.64. The second-order valence-corrected chi connectivity index (χ2v) is 11.6. The maximum atomic E-state index is 11.7. The van der Waals surface area contributed by atoms with Crippen molar-refractivity contribution in [3.8, 4) is 0 Å². The fourth-order valence-electron chi connectivity index (χ4n) is 3.21. The highest BCUT2D eigenvalue weighted by Gasteiger charge is 2.58. The first-order chi connectivity index (χ1) is 18.3. The SMILES string of the molecule is CC(=O)N[C@@H](C=O)[C@@H](O)[C@H](O)[C@](O)(CO)P(=O)(O)OP(=O)(O)O.O=c1ccn([C@@H]2O[C@H](CO)[C@@H](O)[C@H]2O)c(=O)[nH]1. The van der Waals surface area contributed by atoms with Gasteiger partial charge in [0.25, 0.3) is 5.56 Å². The summed E-state index contributed by atoms with van der Waals surface area (Å²) < 4.78 is 31.9. The normalized spacial score (nSPS) is 26.3. The standard InChI is InChI=1S/C9H12N2O6.C8H17NO12P2/c12-3-4-6(14)7(15)8(17-4)11-2-1-5(13)10-9(11)16;1-4(12)9-5(2-10)6(13)7(14)8(15,3-11)22(16,17)21-23(18,19)20/h1-2,4,6-8,12,14-15H,3H2,(H,10,13,16);2,5-7,11,13-15H,3H2,1H3,(H,9,12)(H,16,17)(H2,18,19,20)/t4-,6-,7-,8-;5-,6+,7-,8-/m10/s1. The van der Waals surface area contributed by atoms with E-state index >= 15 is 0 Å². The number of aromatic nitrogens is 2. The number of aliphatic hydroxyl groups is 7. The van der Waals surface area contributed by atoms with E-state index in [0.29, 0.717) is 0 Å². The summed E-state index contributed by atoms with van der Waals surface area (Å²) in [7, 11) is -11.5. The highest BCUT2D eigenvalue weighted by atomic mass is 31.3. The fourth-order valence-corrected chi connectivity index (χ4v) is 5.59. The first-order valence-corrected chi connectivity index (χ1v) is 13.8. The Kier molecular flexibility index (Phi) is 12.6. The van der Waals surface area contributed by atoms with Crippen molar-refractivity contribution in [3.63, 3.8) is 0 Å². The molecule has 230 valence electrons. The Balaban J connectivity index is 0.000000415. The van der Waals surface area contributed by atoms with E-state index in [0.717, 1.165) is 23.8 Å². The molecule has 1 aromatic rings. The van der Waals surface area contributed by atoms with E-state index in [1.807, 2.05) is 10.3 Å². The number of carbonyl (C=O) groups is 2. The van der Waals surface area contributed by atoms with Gasteiger partial charge in [0.2, 0.25) is 11.2 Å². The largest absolute Gasteiger partial charge is 0.476 e. The molecule has 1 aliphatic heterocycles. The molecular formula is C17H29N3O18P2. The van der Waals surface area contributed by atoms with Gasteiger partial charge in [0, 0.05) is 19.2 Å². The number of aromatic amines is 1. The van der Waals surface area contributed by atoms with Crippen LogP contribution in [0.3, 0.4) is 0 Å². The number of rotatable bonds is 11. The number of aliphatic hydroxyl groups excluding tert-OH is 6. The summed E-state index contributed by atoms with van der Waals surface area (Å²) in [6.45, 7) is -1.33. The van der Waals surface area contributed by atoms with Crippen LogP contribution in [-0.4, -0.2) is 127 Å². The maximum Gasteiger partial charge on any atom is 0.476 e. The van der Waals surface area contributed by atoms with Gasteiger partial charge >= 0.3 is 21.1 Å². The van der Waals surface area contributed by atoms with Crippen LogP contribution in [0.15, 0.2) is 21.9 Å². The quantitative estimate of drug-likeness (QED) is 0.0803. The minimum absolute atomic E-state index is 0.0841. The van der Waals surface area contributed by atoms with E-state index in [1.54, 1.807) is 0 Å². The molecule has 1 saturated heterocycles. The number of hydrogen-bond acceptors (Lipinski definition) is 15. The number of nitrogens with one attached hydrogen (secondary N) is 2. The molecule has 1 unspecified atom stereocenters. The lowest BCUT2D eigenvalue weighted by Crippen LogP contribution is -2.58. The molecule has 0 bridgehead atoms. The van der Waals surface area contributed by atoms with Crippen molar-refractivity contribution in [2.75, 3.05) is 13.2 Å². The van der Waals surface area contributed by atoms with Crippen LogP contribution in [0.5, 0.6) is 0 Å². The third-order valence-electron chi connectivity index (χ3n) is 5.26. The van der Waals surface area contributed by atoms with Crippen LogP contribution in [0.2, 0.25) is 0 Å². The summed E-state index contributed by atoms with van der Waals surface area (Å²) in [6, 6.07) is -0.772. The van der Waals surface area contributed by atoms with E-state index in [1.165, 1.54) is 0 Å². The Hall–Kier alpha value is -2.20. The molecule has 40 heavy (non-hydrogen) atoms. The lowest BCUT2D eigenvalue weighted by atomic mass is 10.0. The van der Waals surface area contributed by atoms with Crippen molar-refractivity contribution in [3.05, 3.63) is 33.1 Å². The molecule has 1 aromatic heterocycles. The molecule has 21 nitrogen and oxygen atoms in total. The summed E-state index contributed by atoms with van der Waals surface area (Å²) in [5.74, 6) is -0.848. The first-order valence-electron chi connectivity index (χ1n) is 10.7. The van der Waals surface area contributed by atoms with Gasteiger partial charge in [-0.05, 0) is 0 Å². The third-order valence-corrected chi connectivity index (χ3v) is 8.38. The number of hydrogen-bond donors (Lipinski definition) is 12. The molecule has 1 amide bonds. The second-order valence-electron chi connectivity index (χ2n) is 8.17. The van der Waals surface area contributed by atoms with Crippen molar-refractivity contribution in [1.29, 1.82) is 0 Å². The molecule has 1 aliphatic rings. The average molecular weight is 625 g/mol. The number of phosphoric acid groups is 1. The molecule has 2 heterocycles. The zero-order chi connectivity index (χ0) is 31.2. The van der Waals surface area contributed by atoms with Crippen LogP contribution >= 0.6 is 15.4 Å². The van der Waals surface area contributed by atoms with E-state index in [-0.39, 0.29) is 6.29 Å². The van der Waals surface area contributed by atoms with Crippen molar-refractivity contribution in [2.24, 2.45) is 0 Å². The van der Waals surface area contributed by atoms with Crippen LogP contribution in [0, 0.1) is 0 Å². The van der Waals surface area contributed by atoms with Gasteiger partial charge in [-0.2, -0.15) is 0 Å². The van der Waals surface area contributed by atoms with Gasteiger partial charge in [0.15, 0.2) is 6.23 Å². The highest BCUT2D eigenvalue weighted by molar-refractivity contribution is 7.64. The third kappa shape index (κ3) is 8.65. The molecule has 9 atom stereocenters. The number of carbonyl (C=O) groups excluding carboxylic acids is 2. The van der Waals surface area contributed by atoms with Gasteiger partial charge in [-0.25, -0.2) is 13.7 Å². The predicted octanol–water partition coefficient (Wildman–Crippen LogP) is -6.46. The molecule has 0 aliphatic carbocycles. The Morgan fingerprint density at radius 2 is 1.80 bits per heavy atom. The van der Waals surface area contributed by atoms with Crippen LogP contribution < -0.4 is 16.6 Å². The molecule has 0 aromatic carbocycles.